The highest BCUT2D eigenvalue weighted by atomic mass is 16.5. The average Bonchev–Trinajstić information content (AvgIpc) is 2.62. The number of aromatic nitrogens is 1. The number of hydrogen-bond donors (Lipinski definition) is 1. The number of hydrogen-bond acceptors (Lipinski definition) is 4. The van der Waals surface area contributed by atoms with Gasteiger partial charge in [0.2, 0.25) is 5.91 Å². The highest BCUT2D eigenvalue weighted by Crippen LogP contribution is 2.36. The molecule has 1 aromatic carbocycles. The lowest BCUT2D eigenvalue weighted by Gasteiger charge is -2.25. The molecule has 25 heavy (non-hydrogen) atoms. The minimum absolute atomic E-state index is 0.0353. The Hall–Kier alpha value is -2.56. The molecular weight excluding hydrogens is 314 g/mol. The molecule has 1 aliphatic rings. The first-order valence-corrected chi connectivity index (χ1v) is 8.67. The smallest absolute Gasteiger partial charge is 0.225 e. The van der Waals surface area contributed by atoms with Crippen molar-refractivity contribution < 1.29 is 9.53 Å². The number of fused-ring (bicyclic) bond motifs is 1. The van der Waals surface area contributed by atoms with E-state index in [0.717, 1.165) is 36.5 Å². The van der Waals surface area contributed by atoms with Gasteiger partial charge < -0.3 is 15.0 Å². The number of carbonyl (C=O) groups excluding carboxylic acids is 1. The van der Waals surface area contributed by atoms with Gasteiger partial charge in [-0.05, 0) is 60.6 Å². The first kappa shape index (κ1) is 17.3. The van der Waals surface area contributed by atoms with Crippen LogP contribution in [0.1, 0.15) is 36.3 Å². The van der Waals surface area contributed by atoms with Crippen LogP contribution in [0.5, 0.6) is 5.75 Å². The molecule has 2 aromatic rings. The third-order valence-electron chi connectivity index (χ3n) is 4.71. The van der Waals surface area contributed by atoms with Crippen LogP contribution in [0.15, 0.2) is 36.5 Å². The number of rotatable bonds is 5. The Labute approximate surface area is 149 Å². The van der Waals surface area contributed by atoms with Gasteiger partial charge >= 0.3 is 0 Å². The van der Waals surface area contributed by atoms with Gasteiger partial charge in [-0.25, -0.2) is 4.98 Å². The Morgan fingerprint density at radius 3 is 2.84 bits per heavy atom. The highest BCUT2D eigenvalue weighted by molar-refractivity contribution is 5.91. The standard InChI is InChI=1S/C20H25N3O2/c1-23(2)19-10-7-16(13-21-19)22-20(24)12-15-6-4-5-14-11-17(25-3)8-9-18(14)15/h7-11,13,15H,4-6,12H2,1-3H3,(H,22,24). The van der Waals surface area contributed by atoms with Gasteiger partial charge in [0.15, 0.2) is 0 Å². The fourth-order valence-corrected chi connectivity index (χ4v) is 3.39. The number of carbonyl (C=O) groups is 1. The first-order valence-electron chi connectivity index (χ1n) is 8.67. The Balaban J connectivity index is 1.66. The largest absolute Gasteiger partial charge is 0.497 e. The van der Waals surface area contributed by atoms with Crippen molar-refractivity contribution in [2.75, 3.05) is 31.4 Å². The molecule has 1 amide bonds. The number of methoxy groups -OCH3 is 1. The molecule has 1 atom stereocenters. The second-order valence-corrected chi connectivity index (χ2v) is 6.71. The van der Waals surface area contributed by atoms with Crippen molar-refractivity contribution in [1.82, 2.24) is 4.98 Å². The maximum absolute atomic E-state index is 12.5. The van der Waals surface area contributed by atoms with E-state index in [9.17, 15) is 4.79 Å². The molecule has 5 heteroatoms. The third kappa shape index (κ3) is 4.10. The number of amides is 1. The zero-order valence-electron chi connectivity index (χ0n) is 15.1. The highest BCUT2D eigenvalue weighted by Gasteiger charge is 2.23. The molecule has 1 aliphatic carbocycles. The number of aryl methyl sites for hydroxylation is 1. The number of nitrogens with zero attached hydrogens (tertiary/aromatic N) is 2. The van der Waals surface area contributed by atoms with Gasteiger partial charge in [-0.2, -0.15) is 0 Å². The zero-order chi connectivity index (χ0) is 17.8. The monoisotopic (exact) mass is 339 g/mol. The summed E-state index contributed by atoms with van der Waals surface area (Å²) in [6.07, 6.45) is 5.41. The Morgan fingerprint density at radius 2 is 2.16 bits per heavy atom. The normalized spacial score (nSPS) is 16.0. The lowest BCUT2D eigenvalue weighted by atomic mass is 9.81. The van der Waals surface area contributed by atoms with E-state index in [2.05, 4.69) is 22.4 Å². The summed E-state index contributed by atoms with van der Waals surface area (Å²) in [5, 5.41) is 2.96. The Morgan fingerprint density at radius 1 is 1.32 bits per heavy atom. The predicted octanol–water partition coefficient (Wildman–Crippen LogP) is 3.60. The van der Waals surface area contributed by atoms with Crippen molar-refractivity contribution in [3.05, 3.63) is 47.7 Å². The molecule has 3 rings (SSSR count). The van der Waals surface area contributed by atoms with Gasteiger partial charge in [-0.3, -0.25) is 4.79 Å². The molecule has 1 N–H and O–H groups in total. The lowest BCUT2D eigenvalue weighted by Crippen LogP contribution is -2.19. The minimum atomic E-state index is 0.0353. The van der Waals surface area contributed by atoms with Gasteiger partial charge in [0, 0.05) is 20.5 Å². The molecule has 0 aliphatic heterocycles. The molecule has 1 heterocycles. The van der Waals surface area contributed by atoms with Crippen molar-refractivity contribution in [2.45, 2.75) is 31.6 Å². The van der Waals surface area contributed by atoms with Crippen molar-refractivity contribution >= 4 is 17.4 Å². The van der Waals surface area contributed by atoms with Crippen molar-refractivity contribution in [1.29, 1.82) is 0 Å². The van der Waals surface area contributed by atoms with Crippen LogP contribution in [-0.4, -0.2) is 32.1 Å². The summed E-state index contributed by atoms with van der Waals surface area (Å²) in [5.74, 6) is 2.06. The molecule has 0 bridgehead atoms. The van der Waals surface area contributed by atoms with E-state index >= 15 is 0 Å². The predicted molar refractivity (Wildman–Crippen MR) is 100 cm³/mol. The minimum Gasteiger partial charge on any atom is -0.497 e. The lowest BCUT2D eigenvalue weighted by molar-refractivity contribution is -0.116. The maximum atomic E-state index is 12.5. The van der Waals surface area contributed by atoms with Crippen molar-refractivity contribution in [2.24, 2.45) is 0 Å². The summed E-state index contributed by atoms with van der Waals surface area (Å²) in [7, 11) is 5.57. The molecule has 5 nitrogen and oxygen atoms in total. The van der Waals surface area contributed by atoms with Crippen LogP contribution in [0.2, 0.25) is 0 Å². The van der Waals surface area contributed by atoms with E-state index in [4.69, 9.17) is 4.74 Å². The first-order chi connectivity index (χ1) is 12.1. The number of ether oxygens (including phenoxy) is 1. The third-order valence-corrected chi connectivity index (χ3v) is 4.71. The van der Waals surface area contributed by atoms with Crippen LogP contribution in [-0.2, 0) is 11.2 Å². The van der Waals surface area contributed by atoms with Crippen LogP contribution < -0.4 is 15.0 Å². The summed E-state index contributed by atoms with van der Waals surface area (Å²) >= 11 is 0. The van der Waals surface area contributed by atoms with E-state index in [1.807, 2.05) is 37.2 Å². The van der Waals surface area contributed by atoms with Crippen LogP contribution in [0.3, 0.4) is 0 Å². The molecule has 1 aromatic heterocycles. The van der Waals surface area contributed by atoms with Crippen LogP contribution >= 0.6 is 0 Å². The topological polar surface area (TPSA) is 54.5 Å². The van der Waals surface area contributed by atoms with Crippen LogP contribution in [0.25, 0.3) is 0 Å². The van der Waals surface area contributed by atoms with Crippen molar-refractivity contribution in [3.63, 3.8) is 0 Å². The molecule has 0 radical (unpaired) electrons. The number of anilines is 2. The fourth-order valence-electron chi connectivity index (χ4n) is 3.39. The van der Waals surface area contributed by atoms with E-state index in [1.54, 1.807) is 13.3 Å². The zero-order valence-corrected chi connectivity index (χ0v) is 15.1. The van der Waals surface area contributed by atoms with Gasteiger partial charge in [-0.15, -0.1) is 0 Å². The fraction of sp³-hybridized carbons (Fsp3) is 0.400. The SMILES string of the molecule is COc1ccc2c(c1)CCCC2CC(=O)Nc1ccc(N(C)C)nc1. The molecule has 0 saturated heterocycles. The van der Waals surface area contributed by atoms with Gasteiger partial charge in [-0.1, -0.05) is 6.07 Å². The maximum Gasteiger partial charge on any atom is 0.225 e. The summed E-state index contributed by atoms with van der Waals surface area (Å²) in [5.41, 5.74) is 3.32. The summed E-state index contributed by atoms with van der Waals surface area (Å²) < 4.78 is 5.31. The molecular formula is C20H25N3O2. The number of nitrogens with one attached hydrogen (secondary N) is 1. The van der Waals surface area contributed by atoms with Gasteiger partial charge in [0.25, 0.3) is 0 Å². The van der Waals surface area contributed by atoms with E-state index < -0.39 is 0 Å². The van der Waals surface area contributed by atoms with Gasteiger partial charge in [0.1, 0.15) is 11.6 Å². The van der Waals surface area contributed by atoms with Crippen LogP contribution in [0, 0.1) is 0 Å². The molecule has 0 fully saturated rings. The second-order valence-electron chi connectivity index (χ2n) is 6.71. The molecule has 0 saturated carbocycles. The van der Waals surface area contributed by atoms with Gasteiger partial charge in [0.05, 0.1) is 19.0 Å². The quantitative estimate of drug-likeness (QED) is 0.904. The van der Waals surface area contributed by atoms with E-state index in [-0.39, 0.29) is 11.8 Å². The van der Waals surface area contributed by atoms with Crippen LogP contribution in [0.4, 0.5) is 11.5 Å². The molecule has 132 valence electrons. The summed E-state index contributed by atoms with van der Waals surface area (Å²) in [6, 6.07) is 9.98. The molecule has 1 unspecified atom stereocenters. The number of pyridine rings is 1. The Kier molecular flexibility index (Phi) is 5.22. The Bertz CT molecular complexity index is 741. The van der Waals surface area contributed by atoms with Crippen molar-refractivity contribution in [3.8, 4) is 5.75 Å². The number of benzene rings is 1. The van der Waals surface area contributed by atoms with E-state index in [1.165, 1.54) is 11.1 Å². The second kappa shape index (κ2) is 7.55. The van der Waals surface area contributed by atoms with E-state index in [0.29, 0.717) is 6.42 Å². The summed E-state index contributed by atoms with van der Waals surface area (Å²) in [6.45, 7) is 0. The molecule has 0 spiro atoms. The average molecular weight is 339 g/mol. The summed E-state index contributed by atoms with van der Waals surface area (Å²) in [4.78, 5) is 18.7.